The van der Waals surface area contributed by atoms with E-state index in [1.54, 1.807) is 21.0 Å². The summed E-state index contributed by atoms with van der Waals surface area (Å²) < 4.78 is 10.2. The second-order valence-corrected chi connectivity index (χ2v) is 5.16. The molecule has 0 fully saturated rings. The number of carbonyl (C=O) groups excluding carboxylic acids is 2. The molecule has 0 saturated carbocycles. The molecular formula is C17H22N2O4. The summed E-state index contributed by atoms with van der Waals surface area (Å²) in [4.78, 5) is 26.3. The highest BCUT2D eigenvalue weighted by molar-refractivity contribution is 5.95. The summed E-state index contributed by atoms with van der Waals surface area (Å²) in [6, 6.07) is 8.63. The molecule has 2 amide bonds. The van der Waals surface area contributed by atoms with Crippen LogP contribution in [0.25, 0.3) is 0 Å². The molecule has 124 valence electrons. The smallest absolute Gasteiger partial charge is 0.338 e. The Morgan fingerprint density at radius 1 is 1.30 bits per heavy atom. The van der Waals surface area contributed by atoms with Gasteiger partial charge in [-0.3, -0.25) is 4.90 Å². The molecule has 6 nitrogen and oxygen atoms in total. The van der Waals surface area contributed by atoms with Crippen molar-refractivity contribution in [1.82, 2.24) is 10.2 Å². The summed E-state index contributed by atoms with van der Waals surface area (Å²) in [5.41, 5.74) is 1.89. The number of methoxy groups -OCH3 is 1. The third-order valence-corrected chi connectivity index (χ3v) is 3.74. The Labute approximate surface area is 136 Å². The molecule has 1 aliphatic rings. The number of urea groups is 1. The second-order valence-electron chi connectivity index (χ2n) is 5.16. The minimum atomic E-state index is -0.512. The molecule has 1 aliphatic heterocycles. The first-order valence-electron chi connectivity index (χ1n) is 7.60. The topological polar surface area (TPSA) is 67.9 Å². The van der Waals surface area contributed by atoms with Gasteiger partial charge >= 0.3 is 12.0 Å². The number of allylic oxidation sites excluding steroid dienone is 1. The van der Waals surface area contributed by atoms with E-state index in [0.717, 1.165) is 5.56 Å². The van der Waals surface area contributed by atoms with Gasteiger partial charge in [-0.1, -0.05) is 30.3 Å². The Bertz CT molecular complexity index is 598. The molecule has 1 N–H and O–H groups in total. The summed E-state index contributed by atoms with van der Waals surface area (Å²) in [5, 5.41) is 2.88. The van der Waals surface area contributed by atoms with E-state index in [0.29, 0.717) is 24.4 Å². The van der Waals surface area contributed by atoms with Crippen molar-refractivity contribution in [2.45, 2.75) is 19.9 Å². The van der Waals surface area contributed by atoms with Crippen LogP contribution in [0.15, 0.2) is 41.6 Å². The van der Waals surface area contributed by atoms with Crippen LogP contribution in [0.1, 0.15) is 25.5 Å². The highest BCUT2D eigenvalue weighted by atomic mass is 16.5. The van der Waals surface area contributed by atoms with Crippen LogP contribution in [-0.2, 0) is 14.3 Å². The summed E-state index contributed by atoms with van der Waals surface area (Å²) in [6.07, 6.45) is 0. The molecule has 23 heavy (non-hydrogen) atoms. The van der Waals surface area contributed by atoms with Crippen LogP contribution < -0.4 is 5.32 Å². The maximum atomic E-state index is 12.4. The number of esters is 1. The van der Waals surface area contributed by atoms with Gasteiger partial charge in [0.05, 0.1) is 31.4 Å². The minimum absolute atomic E-state index is 0.249. The van der Waals surface area contributed by atoms with Crippen molar-refractivity contribution in [3.8, 4) is 0 Å². The maximum absolute atomic E-state index is 12.4. The first-order chi connectivity index (χ1) is 11.1. The average molecular weight is 318 g/mol. The predicted octanol–water partition coefficient (Wildman–Crippen LogP) is 2.24. The number of nitrogens with zero attached hydrogens (tertiary/aromatic N) is 1. The molecule has 2 rings (SSSR count). The third kappa shape index (κ3) is 3.71. The van der Waals surface area contributed by atoms with E-state index in [1.165, 1.54) is 4.90 Å². The fraction of sp³-hybridized carbons (Fsp3) is 0.412. The van der Waals surface area contributed by atoms with E-state index in [2.05, 4.69) is 5.32 Å². The Kier molecular flexibility index (Phi) is 5.76. The second kappa shape index (κ2) is 7.78. The van der Waals surface area contributed by atoms with Gasteiger partial charge in [0, 0.05) is 12.8 Å². The molecule has 0 saturated heterocycles. The first-order valence-corrected chi connectivity index (χ1v) is 7.60. The van der Waals surface area contributed by atoms with Crippen molar-refractivity contribution in [3.63, 3.8) is 0 Å². The molecular weight excluding hydrogens is 296 g/mol. The fourth-order valence-corrected chi connectivity index (χ4v) is 2.60. The Hall–Kier alpha value is -2.34. The van der Waals surface area contributed by atoms with Gasteiger partial charge < -0.3 is 14.8 Å². The molecule has 0 spiro atoms. The number of hydrogen-bond acceptors (Lipinski definition) is 4. The quantitative estimate of drug-likeness (QED) is 0.817. The number of amides is 2. The van der Waals surface area contributed by atoms with Gasteiger partial charge in [-0.15, -0.1) is 0 Å². The van der Waals surface area contributed by atoms with Crippen LogP contribution in [0.2, 0.25) is 0 Å². The molecule has 6 heteroatoms. The van der Waals surface area contributed by atoms with E-state index in [-0.39, 0.29) is 12.6 Å². The van der Waals surface area contributed by atoms with E-state index >= 15 is 0 Å². The van der Waals surface area contributed by atoms with Crippen LogP contribution in [-0.4, -0.2) is 43.8 Å². The molecule has 0 bridgehead atoms. The first kappa shape index (κ1) is 17.0. The fourth-order valence-electron chi connectivity index (χ4n) is 2.60. The van der Waals surface area contributed by atoms with Crippen molar-refractivity contribution < 1.29 is 19.1 Å². The van der Waals surface area contributed by atoms with Gasteiger partial charge in [0.15, 0.2) is 0 Å². The minimum Gasteiger partial charge on any atom is -0.463 e. The van der Waals surface area contributed by atoms with E-state index in [9.17, 15) is 9.59 Å². The molecule has 1 heterocycles. The predicted molar refractivity (Wildman–Crippen MR) is 85.6 cm³/mol. The summed E-state index contributed by atoms with van der Waals surface area (Å²) in [6.45, 7) is 4.56. The maximum Gasteiger partial charge on any atom is 0.338 e. The molecule has 1 aromatic rings. The lowest BCUT2D eigenvalue weighted by atomic mass is 9.95. The van der Waals surface area contributed by atoms with Crippen molar-refractivity contribution in [2.24, 2.45) is 0 Å². The highest BCUT2D eigenvalue weighted by Gasteiger charge is 2.36. The average Bonchev–Trinajstić information content (AvgIpc) is 2.55. The molecule has 1 atom stereocenters. The van der Waals surface area contributed by atoms with Crippen LogP contribution in [0, 0.1) is 0 Å². The molecule has 0 aromatic heterocycles. The third-order valence-electron chi connectivity index (χ3n) is 3.74. The van der Waals surface area contributed by atoms with Crippen LogP contribution in [0.5, 0.6) is 0 Å². The number of carbonyl (C=O) groups is 2. The number of nitrogens with one attached hydrogen (secondary N) is 1. The normalized spacial score (nSPS) is 18.0. The zero-order valence-corrected chi connectivity index (χ0v) is 13.7. The zero-order valence-electron chi connectivity index (χ0n) is 13.7. The van der Waals surface area contributed by atoms with Crippen molar-refractivity contribution in [2.75, 3.05) is 26.9 Å². The Balaban J connectivity index is 2.44. The van der Waals surface area contributed by atoms with E-state index in [4.69, 9.17) is 9.47 Å². The van der Waals surface area contributed by atoms with Gasteiger partial charge in [-0.25, -0.2) is 9.59 Å². The van der Waals surface area contributed by atoms with Gasteiger partial charge in [-0.05, 0) is 19.4 Å². The van der Waals surface area contributed by atoms with Crippen LogP contribution >= 0.6 is 0 Å². The number of ether oxygens (including phenoxy) is 2. The lowest BCUT2D eigenvalue weighted by Gasteiger charge is -2.35. The molecule has 0 aliphatic carbocycles. The lowest BCUT2D eigenvalue weighted by Crippen LogP contribution is -2.49. The number of hydrogen-bond donors (Lipinski definition) is 1. The van der Waals surface area contributed by atoms with Crippen LogP contribution in [0.4, 0.5) is 4.79 Å². The monoisotopic (exact) mass is 318 g/mol. The van der Waals surface area contributed by atoms with Crippen molar-refractivity contribution in [3.05, 3.63) is 47.2 Å². The lowest BCUT2D eigenvalue weighted by molar-refractivity contribution is -0.139. The Morgan fingerprint density at radius 2 is 2.00 bits per heavy atom. The Morgan fingerprint density at radius 3 is 2.61 bits per heavy atom. The SMILES string of the molecule is CCOC(=O)C1=C(C)N(CCOC)C(=O)NC1c1ccccc1. The molecule has 1 aromatic carbocycles. The standard InChI is InChI=1S/C17H22N2O4/c1-4-23-16(20)14-12(2)19(10-11-22-3)17(21)18-15(14)13-8-6-5-7-9-13/h5-9,15H,4,10-11H2,1-3H3,(H,18,21). The van der Waals surface area contributed by atoms with E-state index < -0.39 is 12.0 Å². The van der Waals surface area contributed by atoms with Crippen molar-refractivity contribution >= 4 is 12.0 Å². The van der Waals surface area contributed by atoms with E-state index in [1.807, 2.05) is 30.3 Å². The molecule has 0 radical (unpaired) electrons. The summed E-state index contributed by atoms with van der Waals surface area (Å²) in [5.74, 6) is -0.415. The summed E-state index contributed by atoms with van der Waals surface area (Å²) >= 11 is 0. The summed E-state index contributed by atoms with van der Waals surface area (Å²) in [7, 11) is 1.57. The largest absolute Gasteiger partial charge is 0.463 e. The zero-order chi connectivity index (χ0) is 16.8. The van der Waals surface area contributed by atoms with Gasteiger partial charge in [0.2, 0.25) is 0 Å². The van der Waals surface area contributed by atoms with Crippen LogP contribution in [0.3, 0.4) is 0 Å². The van der Waals surface area contributed by atoms with Gasteiger partial charge in [-0.2, -0.15) is 0 Å². The number of benzene rings is 1. The van der Waals surface area contributed by atoms with Gasteiger partial charge in [0.1, 0.15) is 0 Å². The molecule has 1 unspecified atom stereocenters. The highest BCUT2D eigenvalue weighted by Crippen LogP contribution is 2.31. The van der Waals surface area contributed by atoms with Crippen molar-refractivity contribution in [1.29, 1.82) is 0 Å². The van der Waals surface area contributed by atoms with Gasteiger partial charge in [0.25, 0.3) is 0 Å². The number of rotatable bonds is 6.